The van der Waals surface area contributed by atoms with Gasteiger partial charge in [-0.25, -0.2) is 0 Å². The Labute approximate surface area is 116 Å². The summed E-state index contributed by atoms with van der Waals surface area (Å²) in [5.74, 6) is -0.244. The molecule has 1 aromatic rings. The van der Waals surface area contributed by atoms with E-state index in [0.29, 0.717) is 23.7 Å². The van der Waals surface area contributed by atoms with Gasteiger partial charge in [-0.1, -0.05) is 0 Å². The minimum absolute atomic E-state index is 0.244. The molecule has 0 fully saturated rings. The monoisotopic (exact) mass is 284 g/mol. The number of anilines is 1. The highest BCUT2D eigenvalue weighted by Gasteiger charge is 2.22. The van der Waals surface area contributed by atoms with E-state index in [9.17, 15) is 9.00 Å². The van der Waals surface area contributed by atoms with Crippen molar-refractivity contribution < 1.29 is 13.7 Å². The fraction of sp³-hybridized carbons (Fsp3) is 0.462. The zero-order valence-electron chi connectivity index (χ0n) is 11.4. The Morgan fingerprint density at radius 3 is 2.79 bits per heavy atom. The molecule has 0 aliphatic heterocycles. The van der Waals surface area contributed by atoms with Crippen LogP contribution < -0.4 is 11.1 Å². The summed E-state index contributed by atoms with van der Waals surface area (Å²) in [5, 5.41) is 2.07. The number of nitrogen functional groups attached to an aromatic ring is 1. The molecule has 0 aromatic heterocycles. The van der Waals surface area contributed by atoms with Crippen LogP contribution in [0.4, 0.5) is 5.69 Å². The first-order valence-corrected chi connectivity index (χ1v) is 7.22. The number of rotatable bonds is 6. The average Bonchev–Trinajstić information content (AvgIpc) is 2.37. The molecular weight excluding hydrogens is 264 g/mol. The van der Waals surface area contributed by atoms with E-state index in [1.807, 2.05) is 6.92 Å². The Balaban J connectivity index is 2.73. The first-order valence-electron chi connectivity index (χ1n) is 6.00. The number of carbonyl (C=O) groups is 1. The molecule has 0 saturated carbocycles. The van der Waals surface area contributed by atoms with Crippen molar-refractivity contribution in [3.63, 3.8) is 0 Å². The lowest BCUT2D eigenvalue weighted by Gasteiger charge is -2.13. The molecule has 0 aliphatic carbocycles. The van der Waals surface area contributed by atoms with Crippen LogP contribution in [0.5, 0.6) is 0 Å². The van der Waals surface area contributed by atoms with Crippen molar-refractivity contribution in [3.8, 4) is 0 Å². The van der Waals surface area contributed by atoms with Gasteiger partial charge in [0.05, 0.1) is 17.4 Å². The number of methoxy groups -OCH3 is 1. The van der Waals surface area contributed by atoms with Crippen molar-refractivity contribution in [1.82, 2.24) is 5.32 Å². The van der Waals surface area contributed by atoms with E-state index in [1.54, 1.807) is 32.2 Å². The SMILES string of the molecule is COCCNC(=O)C(C)S(=O)c1ccc(N)cc1C. The summed E-state index contributed by atoms with van der Waals surface area (Å²) in [6.45, 7) is 4.33. The predicted molar refractivity (Wildman–Crippen MR) is 76.3 cm³/mol. The predicted octanol–water partition coefficient (Wildman–Crippen LogP) is 0.836. The van der Waals surface area contributed by atoms with Crippen LogP contribution in [0.3, 0.4) is 0 Å². The normalized spacial score (nSPS) is 13.8. The van der Waals surface area contributed by atoms with Crippen LogP contribution in [0.2, 0.25) is 0 Å². The van der Waals surface area contributed by atoms with Gasteiger partial charge >= 0.3 is 0 Å². The molecule has 1 amide bonds. The maximum absolute atomic E-state index is 12.3. The summed E-state index contributed by atoms with van der Waals surface area (Å²) >= 11 is 0. The molecule has 2 unspecified atom stereocenters. The lowest BCUT2D eigenvalue weighted by Crippen LogP contribution is -2.37. The molecule has 6 heteroatoms. The van der Waals surface area contributed by atoms with Crippen molar-refractivity contribution in [3.05, 3.63) is 23.8 Å². The molecule has 0 radical (unpaired) electrons. The third kappa shape index (κ3) is 4.33. The van der Waals surface area contributed by atoms with Gasteiger partial charge < -0.3 is 15.8 Å². The Kier molecular flexibility index (Phi) is 5.98. The zero-order valence-corrected chi connectivity index (χ0v) is 12.3. The van der Waals surface area contributed by atoms with Gasteiger partial charge in [0, 0.05) is 24.2 Å². The second kappa shape index (κ2) is 7.25. The fourth-order valence-electron chi connectivity index (χ4n) is 1.61. The van der Waals surface area contributed by atoms with Crippen LogP contribution in [0, 0.1) is 6.92 Å². The summed E-state index contributed by atoms with van der Waals surface area (Å²) in [7, 11) is 0.169. The smallest absolute Gasteiger partial charge is 0.235 e. The molecule has 2 atom stereocenters. The van der Waals surface area contributed by atoms with E-state index in [0.717, 1.165) is 5.56 Å². The summed E-state index contributed by atoms with van der Waals surface area (Å²) in [6.07, 6.45) is 0. The maximum Gasteiger partial charge on any atom is 0.235 e. The highest BCUT2D eigenvalue weighted by atomic mass is 32.2. The Morgan fingerprint density at radius 1 is 1.53 bits per heavy atom. The van der Waals surface area contributed by atoms with Gasteiger partial charge in [0.25, 0.3) is 0 Å². The Hall–Kier alpha value is -1.40. The number of aryl methyl sites for hydroxylation is 1. The highest BCUT2D eigenvalue weighted by Crippen LogP contribution is 2.19. The first kappa shape index (κ1) is 15.7. The lowest BCUT2D eigenvalue weighted by atomic mass is 10.2. The number of nitrogens with one attached hydrogen (secondary N) is 1. The van der Waals surface area contributed by atoms with Crippen LogP contribution in [-0.4, -0.2) is 35.6 Å². The standard InChI is InChI=1S/C13H20N2O3S/c1-9-8-11(14)4-5-12(9)19(17)10(2)13(16)15-6-7-18-3/h4-5,8,10H,6-7,14H2,1-3H3,(H,15,16). The molecule has 0 bridgehead atoms. The Bertz CT molecular complexity index is 477. The van der Waals surface area contributed by atoms with Gasteiger partial charge in [0.1, 0.15) is 5.25 Å². The third-order valence-electron chi connectivity index (χ3n) is 2.71. The summed E-state index contributed by atoms with van der Waals surface area (Å²) < 4.78 is 17.2. The van der Waals surface area contributed by atoms with Crippen molar-refractivity contribution in [2.45, 2.75) is 24.0 Å². The molecular formula is C13H20N2O3S. The largest absolute Gasteiger partial charge is 0.399 e. The van der Waals surface area contributed by atoms with E-state index in [4.69, 9.17) is 10.5 Å². The van der Waals surface area contributed by atoms with Gasteiger partial charge in [-0.05, 0) is 37.6 Å². The van der Waals surface area contributed by atoms with E-state index in [-0.39, 0.29) is 5.91 Å². The summed E-state index contributed by atoms with van der Waals surface area (Å²) in [6, 6.07) is 5.15. The van der Waals surface area contributed by atoms with Crippen LogP contribution >= 0.6 is 0 Å². The maximum atomic E-state index is 12.3. The molecule has 106 valence electrons. The number of ether oxygens (including phenoxy) is 1. The molecule has 1 aromatic carbocycles. The van der Waals surface area contributed by atoms with Crippen LogP contribution in [0.1, 0.15) is 12.5 Å². The number of hydrogen-bond donors (Lipinski definition) is 2. The number of benzene rings is 1. The number of hydrogen-bond acceptors (Lipinski definition) is 4. The highest BCUT2D eigenvalue weighted by molar-refractivity contribution is 7.86. The number of amides is 1. The summed E-state index contributed by atoms with van der Waals surface area (Å²) in [4.78, 5) is 12.5. The molecule has 0 heterocycles. The van der Waals surface area contributed by atoms with Crippen molar-refractivity contribution in [1.29, 1.82) is 0 Å². The lowest BCUT2D eigenvalue weighted by molar-refractivity contribution is -0.120. The van der Waals surface area contributed by atoms with Crippen LogP contribution in [0.25, 0.3) is 0 Å². The van der Waals surface area contributed by atoms with E-state index < -0.39 is 16.0 Å². The number of nitrogens with two attached hydrogens (primary N) is 1. The molecule has 5 nitrogen and oxygen atoms in total. The first-order chi connectivity index (χ1) is 8.97. The number of carbonyl (C=O) groups excluding carboxylic acids is 1. The second-order valence-electron chi connectivity index (χ2n) is 4.25. The second-order valence-corrected chi connectivity index (χ2v) is 5.99. The van der Waals surface area contributed by atoms with Gasteiger partial charge in [0.15, 0.2) is 0 Å². The molecule has 0 spiro atoms. The van der Waals surface area contributed by atoms with Gasteiger partial charge in [-0.2, -0.15) is 0 Å². The van der Waals surface area contributed by atoms with E-state index >= 15 is 0 Å². The quantitative estimate of drug-likeness (QED) is 0.599. The Morgan fingerprint density at radius 2 is 2.21 bits per heavy atom. The van der Waals surface area contributed by atoms with Crippen LogP contribution in [-0.2, 0) is 20.3 Å². The fourth-order valence-corrected chi connectivity index (χ4v) is 2.84. The van der Waals surface area contributed by atoms with E-state index in [1.165, 1.54) is 0 Å². The molecule has 0 aliphatic rings. The van der Waals surface area contributed by atoms with Crippen molar-refractivity contribution in [2.75, 3.05) is 26.0 Å². The minimum Gasteiger partial charge on any atom is -0.399 e. The third-order valence-corrected chi connectivity index (χ3v) is 4.46. The van der Waals surface area contributed by atoms with Crippen LogP contribution in [0.15, 0.2) is 23.1 Å². The molecule has 3 N–H and O–H groups in total. The average molecular weight is 284 g/mol. The van der Waals surface area contributed by atoms with Gasteiger partial charge in [0.2, 0.25) is 5.91 Å². The van der Waals surface area contributed by atoms with Gasteiger partial charge in [-0.15, -0.1) is 0 Å². The topological polar surface area (TPSA) is 81.4 Å². The summed E-state index contributed by atoms with van der Waals surface area (Å²) in [5.41, 5.74) is 7.10. The minimum atomic E-state index is -1.39. The zero-order chi connectivity index (χ0) is 14.4. The molecule has 1 rings (SSSR count). The molecule has 19 heavy (non-hydrogen) atoms. The van der Waals surface area contributed by atoms with Crippen molar-refractivity contribution >= 4 is 22.4 Å². The van der Waals surface area contributed by atoms with Crippen molar-refractivity contribution in [2.24, 2.45) is 0 Å². The molecule has 0 saturated heterocycles. The van der Waals surface area contributed by atoms with E-state index in [2.05, 4.69) is 5.32 Å². The van der Waals surface area contributed by atoms with Gasteiger partial charge in [-0.3, -0.25) is 9.00 Å².